The van der Waals surface area contributed by atoms with Crippen LogP contribution in [0.5, 0.6) is 5.75 Å². The molecule has 1 atom stereocenters. The first-order valence-corrected chi connectivity index (χ1v) is 11.8. The Labute approximate surface area is 184 Å². The fourth-order valence-electron chi connectivity index (χ4n) is 3.69. The van der Waals surface area contributed by atoms with Crippen molar-refractivity contribution in [3.8, 4) is 5.75 Å². The number of hydrogen-bond acceptors (Lipinski definition) is 6. The Morgan fingerprint density at radius 2 is 1.94 bits per heavy atom. The fraction of sp³-hybridized carbons (Fsp3) is 0.273. The molecule has 7 nitrogen and oxygen atoms in total. The highest BCUT2D eigenvalue weighted by molar-refractivity contribution is 7.91. The highest BCUT2D eigenvalue weighted by Crippen LogP contribution is 2.24. The Balaban J connectivity index is 1.71. The first-order valence-electron chi connectivity index (χ1n) is 9.63. The summed E-state index contributed by atoms with van der Waals surface area (Å²) in [4.78, 5) is 27.4. The summed E-state index contributed by atoms with van der Waals surface area (Å²) in [6, 6.07) is 12.4. The predicted molar refractivity (Wildman–Crippen MR) is 117 cm³/mol. The largest absolute Gasteiger partial charge is 0.497 e. The molecule has 0 spiro atoms. The summed E-state index contributed by atoms with van der Waals surface area (Å²) in [5.41, 5.74) is 0.646. The molecule has 0 N–H and O–H groups in total. The third kappa shape index (κ3) is 4.60. The van der Waals surface area contributed by atoms with Crippen molar-refractivity contribution in [3.63, 3.8) is 0 Å². The average molecular weight is 462 g/mol. The second kappa shape index (κ2) is 8.36. The lowest BCUT2D eigenvalue weighted by Gasteiger charge is -2.28. The first-order chi connectivity index (χ1) is 14.8. The molecule has 0 unspecified atom stereocenters. The number of carbonyl (C=O) groups is 1. The predicted octanol–water partition coefficient (Wildman–Crippen LogP) is 3.28. The maximum atomic E-state index is 13.4. The van der Waals surface area contributed by atoms with Gasteiger partial charge in [0.05, 0.1) is 24.0 Å². The molecule has 4 rings (SSSR count). The number of amides is 1. The molecule has 3 aromatic rings. The number of carbonyl (C=O) groups excluding carboxylic acids is 1. The lowest BCUT2D eigenvalue weighted by atomic mass is 10.1. The summed E-state index contributed by atoms with van der Waals surface area (Å²) < 4.78 is 35.0. The van der Waals surface area contributed by atoms with Crippen LogP contribution in [0.2, 0.25) is 5.02 Å². The molecule has 1 aliphatic heterocycles. The normalized spacial score (nSPS) is 17.5. The van der Waals surface area contributed by atoms with Gasteiger partial charge in [-0.15, -0.1) is 0 Å². The van der Waals surface area contributed by atoms with E-state index in [1.54, 1.807) is 37.4 Å². The summed E-state index contributed by atoms with van der Waals surface area (Å²) >= 11 is 5.95. The van der Waals surface area contributed by atoms with Crippen LogP contribution in [0.25, 0.3) is 11.0 Å². The molecule has 162 valence electrons. The summed E-state index contributed by atoms with van der Waals surface area (Å²) in [5, 5.41) is 0.658. The molecule has 1 aromatic heterocycles. The topological polar surface area (TPSA) is 93.9 Å². The molecule has 0 saturated carbocycles. The monoisotopic (exact) mass is 461 g/mol. The zero-order valence-electron chi connectivity index (χ0n) is 16.7. The van der Waals surface area contributed by atoms with Crippen LogP contribution in [0.15, 0.2) is 57.7 Å². The van der Waals surface area contributed by atoms with E-state index in [9.17, 15) is 18.0 Å². The number of sulfone groups is 1. The Morgan fingerprint density at radius 3 is 2.58 bits per heavy atom. The summed E-state index contributed by atoms with van der Waals surface area (Å²) in [7, 11) is -1.67. The molecule has 31 heavy (non-hydrogen) atoms. The lowest BCUT2D eigenvalue weighted by Crippen LogP contribution is -2.40. The van der Waals surface area contributed by atoms with Gasteiger partial charge in [-0.05, 0) is 42.3 Å². The number of halogens is 1. The van der Waals surface area contributed by atoms with Gasteiger partial charge < -0.3 is 14.1 Å². The number of rotatable bonds is 5. The van der Waals surface area contributed by atoms with E-state index >= 15 is 0 Å². The highest BCUT2D eigenvalue weighted by Gasteiger charge is 2.36. The maximum absolute atomic E-state index is 13.4. The Kier molecular flexibility index (Phi) is 5.77. The number of fused-ring (bicyclic) bond motifs is 1. The second-order valence-electron chi connectivity index (χ2n) is 7.45. The Bertz CT molecular complexity index is 1300. The zero-order chi connectivity index (χ0) is 22.2. The number of nitrogens with zero attached hydrogens (tertiary/aromatic N) is 1. The standard InChI is InChI=1S/C22H20ClNO6S/c1-29-17-5-2-14(3-6-17)12-24(16-8-9-31(27,28)13-16)22(26)21-11-19(25)18-10-15(23)4-7-20(18)30-21/h2-7,10-11,16H,8-9,12-13H2,1H3/t16-/m1/s1. The minimum Gasteiger partial charge on any atom is -0.497 e. The lowest BCUT2D eigenvalue weighted by molar-refractivity contribution is 0.0648. The van der Waals surface area contributed by atoms with Crippen LogP contribution < -0.4 is 10.2 Å². The third-order valence-electron chi connectivity index (χ3n) is 5.32. The average Bonchev–Trinajstić information content (AvgIpc) is 3.11. The molecule has 1 aliphatic rings. The van der Waals surface area contributed by atoms with Crippen LogP contribution in [-0.4, -0.2) is 43.9 Å². The van der Waals surface area contributed by atoms with Gasteiger partial charge in [0.25, 0.3) is 5.91 Å². The highest BCUT2D eigenvalue weighted by atomic mass is 35.5. The van der Waals surface area contributed by atoms with Crippen molar-refractivity contribution in [2.24, 2.45) is 0 Å². The molecular weight excluding hydrogens is 442 g/mol. The Hall–Kier alpha value is -2.84. The van der Waals surface area contributed by atoms with E-state index in [0.717, 1.165) is 11.6 Å². The van der Waals surface area contributed by atoms with Gasteiger partial charge in [0.15, 0.2) is 21.0 Å². The van der Waals surface area contributed by atoms with Gasteiger partial charge >= 0.3 is 0 Å². The van der Waals surface area contributed by atoms with E-state index in [1.165, 1.54) is 17.0 Å². The minimum absolute atomic E-state index is 0.0181. The summed E-state index contributed by atoms with van der Waals surface area (Å²) in [6.45, 7) is 0.172. The SMILES string of the molecule is COc1ccc(CN(C(=O)c2cc(=O)c3cc(Cl)ccc3o2)[C@@H]2CCS(=O)(=O)C2)cc1. The molecule has 0 bridgehead atoms. The van der Waals surface area contributed by atoms with Gasteiger partial charge in [0, 0.05) is 23.7 Å². The quantitative estimate of drug-likeness (QED) is 0.578. The van der Waals surface area contributed by atoms with Gasteiger partial charge in [-0.2, -0.15) is 0 Å². The molecule has 2 aromatic carbocycles. The van der Waals surface area contributed by atoms with Crippen LogP contribution in [0.1, 0.15) is 22.5 Å². The van der Waals surface area contributed by atoms with Crippen molar-refractivity contribution in [2.75, 3.05) is 18.6 Å². The van der Waals surface area contributed by atoms with E-state index < -0.39 is 27.2 Å². The van der Waals surface area contributed by atoms with Crippen LogP contribution in [0.3, 0.4) is 0 Å². The van der Waals surface area contributed by atoms with E-state index in [2.05, 4.69) is 0 Å². The van der Waals surface area contributed by atoms with Gasteiger partial charge in [-0.3, -0.25) is 9.59 Å². The molecule has 1 amide bonds. The summed E-state index contributed by atoms with van der Waals surface area (Å²) in [6.07, 6.45) is 0.331. The molecular formula is C22H20ClNO6S. The van der Waals surface area contributed by atoms with Gasteiger partial charge in [0.2, 0.25) is 0 Å². The Morgan fingerprint density at radius 1 is 1.19 bits per heavy atom. The van der Waals surface area contributed by atoms with Crippen molar-refractivity contribution in [1.82, 2.24) is 4.90 Å². The maximum Gasteiger partial charge on any atom is 0.290 e. The molecule has 2 heterocycles. The third-order valence-corrected chi connectivity index (χ3v) is 7.31. The smallest absolute Gasteiger partial charge is 0.290 e. The van der Waals surface area contributed by atoms with E-state index in [4.69, 9.17) is 20.8 Å². The van der Waals surface area contributed by atoms with Gasteiger partial charge in [-0.25, -0.2) is 8.42 Å². The van der Waals surface area contributed by atoms with Crippen LogP contribution in [0.4, 0.5) is 0 Å². The fourth-order valence-corrected chi connectivity index (χ4v) is 5.59. The van der Waals surface area contributed by atoms with Crippen molar-refractivity contribution in [2.45, 2.75) is 19.0 Å². The second-order valence-corrected chi connectivity index (χ2v) is 10.1. The van der Waals surface area contributed by atoms with E-state index in [0.29, 0.717) is 17.2 Å². The van der Waals surface area contributed by atoms with Crippen molar-refractivity contribution >= 4 is 38.3 Å². The van der Waals surface area contributed by atoms with Crippen LogP contribution in [0, 0.1) is 0 Å². The number of hydrogen-bond donors (Lipinski definition) is 0. The number of ether oxygens (including phenoxy) is 1. The van der Waals surface area contributed by atoms with Crippen LogP contribution >= 0.6 is 11.6 Å². The molecule has 9 heteroatoms. The molecule has 1 saturated heterocycles. The summed E-state index contributed by atoms with van der Waals surface area (Å²) in [5.74, 6) is -0.110. The first kappa shape index (κ1) is 21.4. The van der Waals surface area contributed by atoms with Crippen molar-refractivity contribution in [1.29, 1.82) is 0 Å². The molecule has 0 aliphatic carbocycles. The van der Waals surface area contributed by atoms with Crippen LogP contribution in [-0.2, 0) is 16.4 Å². The van der Waals surface area contributed by atoms with E-state index in [1.807, 2.05) is 0 Å². The van der Waals surface area contributed by atoms with Crippen molar-refractivity contribution < 1.29 is 22.4 Å². The molecule has 0 radical (unpaired) electrons. The number of benzene rings is 2. The number of methoxy groups -OCH3 is 1. The van der Waals surface area contributed by atoms with Gasteiger partial charge in [0.1, 0.15) is 11.3 Å². The van der Waals surface area contributed by atoms with E-state index in [-0.39, 0.29) is 34.8 Å². The van der Waals surface area contributed by atoms with Gasteiger partial charge in [-0.1, -0.05) is 23.7 Å². The van der Waals surface area contributed by atoms with Crippen molar-refractivity contribution in [3.05, 3.63) is 75.1 Å². The molecule has 1 fully saturated rings. The minimum atomic E-state index is -3.23. The zero-order valence-corrected chi connectivity index (χ0v) is 18.3.